The SMILES string of the molecule is C[C@@H](O)CNC(=O)[C@@H](Cc1ccc(F)cc1)N(C)C(=O)[C@@H](Cc1ccc2ccccc2c1)N(C)C(=O)C=CCC1(N)CCC1. The van der Waals surface area contributed by atoms with Crippen LogP contribution in [-0.2, 0) is 27.2 Å². The number of aliphatic hydroxyl groups excluding tert-OH is 1. The first kappa shape index (κ1) is 32.8. The molecule has 234 valence electrons. The van der Waals surface area contributed by atoms with Crippen molar-refractivity contribution in [3.05, 3.63) is 95.8 Å². The van der Waals surface area contributed by atoms with Gasteiger partial charge in [0.15, 0.2) is 0 Å². The maximum atomic E-state index is 14.3. The zero-order valence-corrected chi connectivity index (χ0v) is 25.7. The number of fused-ring (bicyclic) bond motifs is 1. The second kappa shape index (κ2) is 14.6. The van der Waals surface area contributed by atoms with E-state index in [0.717, 1.165) is 35.6 Å². The lowest BCUT2D eigenvalue weighted by atomic mass is 9.75. The van der Waals surface area contributed by atoms with E-state index < -0.39 is 35.8 Å². The highest BCUT2D eigenvalue weighted by Crippen LogP contribution is 2.32. The van der Waals surface area contributed by atoms with Gasteiger partial charge in [0.05, 0.1) is 6.10 Å². The summed E-state index contributed by atoms with van der Waals surface area (Å²) in [5.74, 6) is -1.63. The average Bonchev–Trinajstić information content (AvgIpc) is 3.00. The molecule has 3 aromatic carbocycles. The maximum Gasteiger partial charge on any atom is 0.246 e. The summed E-state index contributed by atoms with van der Waals surface area (Å²) in [5, 5.41) is 14.5. The Morgan fingerprint density at radius 3 is 2.23 bits per heavy atom. The lowest BCUT2D eigenvalue weighted by Crippen LogP contribution is -2.56. The molecule has 0 radical (unpaired) electrons. The molecule has 3 atom stereocenters. The van der Waals surface area contributed by atoms with Gasteiger partial charge >= 0.3 is 0 Å². The predicted octanol–water partition coefficient (Wildman–Crippen LogP) is 3.74. The van der Waals surface area contributed by atoms with Crippen molar-refractivity contribution in [1.29, 1.82) is 0 Å². The van der Waals surface area contributed by atoms with Gasteiger partial charge in [-0.25, -0.2) is 4.39 Å². The molecule has 3 amide bonds. The second-order valence-corrected chi connectivity index (χ2v) is 12.1. The van der Waals surface area contributed by atoms with Gasteiger partial charge in [-0.1, -0.05) is 60.7 Å². The zero-order valence-electron chi connectivity index (χ0n) is 25.7. The lowest BCUT2D eigenvalue weighted by Gasteiger charge is -2.37. The number of benzene rings is 3. The number of rotatable bonds is 13. The number of carbonyl (C=O) groups excluding carboxylic acids is 3. The van der Waals surface area contributed by atoms with Crippen molar-refractivity contribution in [3.63, 3.8) is 0 Å². The van der Waals surface area contributed by atoms with Gasteiger partial charge in [-0.2, -0.15) is 0 Å². The number of nitrogens with two attached hydrogens (primary N) is 1. The number of aliphatic hydroxyl groups is 1. The van der Waals surface area contributed by atoms with Gasteiger partial charge in [0.25, 0.3) is 0 Å². The molecule has 0 unspecified atom stereocenters. The molecule has 0 heterocycles. The third kappa shape index (κ3) is 8.51. The van der Waals surface area contributed by atoms with Crippen LogP contribution < -0.4 is 11.1 Å². The average molecular weight is 603 g/mol. The van der Waals surface area contributed by atoms with Gasteiger partial charge in [-0.05, 0) is 72.7 Å². The molecule has 4 rings (SSSR count). The van der Waals surface area contributed by atoms with Crippen LogP contribution in [0.5, 0.6) is 0 Å². The van der Waals surface area contributed by atoms with E-state index in [1.807, 2.05) is 42.5 Å². The summed E-state index contributed by atoms with van der Waals surface area (Å²) in [4.78, 5) is 43.8. The summed E-state index contributed by atoms with van der Waals surface area (Å²) >= 11 is 0. The van der Waals surface area contributed by atoms with Crippen LogP contribution in [0.2, 0.25) is 0 Å². The third-order valence-electron chi connectivity index (χ3n) is 8.51. The molecule has 44 heavy (non-hydrogen) atoms. The van der Waals surface area contributed by atoms with Crippen LogP contribution in [0.1, 0.15) is 43.7 Å². The Morgan fingerprint density at radius 2 is 1.59 bits per heavy atom. The number of hydrogen-bond acceptors (Lipinski definition) is 5. The molecular weight excluding hydrogens is 559 g/mol. The molecule has 1 saturated carbocycles. The van der Waals surface area contributed by atoms with E-state index in [4.69, 9.17) is 5.73 Å². The Bertz CT molecular complexity index is 1490. The molecule has 9 heteroatoms. The fourth-order valence-electron chi connectivity index (χ4n) is 5.48. The quantitative estimate of drug-likeness (QED) is 0.258. The van der Waals surface area contributed by atoms with Crippen LogP contribution in [0.3, 0.4) is 0 Å². The monoisotopic (exact) mass is 602 g/mol. The molecule has 1 aliphatic rings. The molecular formula is C35H43FN4O4. The zero-order chi connectivity index (χ0) is 31.9. The predicted molar refractivity (Wildman–Crippen MR) is 170 cm³/mol. The standard InChI is InChI=1S/C35H43FN4O4/c1-24(41)23-38-33(43)30(21-25-12-15-29(36)16-13-25)40(3)34(44)31(22-26-11-14-27-8-4-5-9-28(27)20-26)39(2)32(42)10-6-17-35(37)18-7-19-35/h4-6,8-16,20,24,30-31,41H,7,17-19,21-23,37H2,1-3H3,(H,38,43)/t24-,30-,31-/m1/s1. The number of halogens is 1. The first-order chi connectivity index (χ1) is 21.0. The van der Waals surface area contributed by atoms with E-state index in [1.165, 1.54) is 35.1 Å². The summed E-state index contributed by atoms with van der Waals surface area (Å²) in [6, 6.07) is 17.7. The molecule has 8 nitrogen and oxygen atoms in total. The molecule has 0 spiro atoms. The highest BCUT2D eigenvalue weighted by Gasteiger charge is 2.35. The van der Waals surface area contributed by atoms with Gasteiger partial charge < -0.3 is 26.0 Å². The highest BCUT2D eigenvalue weighted by molar-refractivity contribution is 5.95. The van der Waals surface area contributed by atoms with E-state index in [-0.39, 0.29) is 30.8 Å². The van der Waals surface area contributed by atoms with Crippen LogP contribution in [0.15, 0.2) is 78.9 Å². The Morgan fingerprint density at radius 1 is 0.955 bits per heavy atom. The van der Waals surface area contributed by atoms with E-state index >= 15 is 0 Å². The fourth-order valence-corrected chi connectivity index (χ4v) is 5.48. The molecule has 0 aromatic heterocycles. The third-order valence-corrected chi connectivity index (χ3v) is 8.51. The van der Waals surface area contributed by atoms with Crippen molar-refractivity contribution in [2.45, 2.75) is 69.2 Å². The van der Waals surface area contributed by atoms with Crippen molar-refractivity contribution in [1.82, 2.24) is 15.1 Å². The Hall–Kier alpha value is -4.08. The van der Waals surface area contributed by atoms with E-state index in [0.29, 0.717) is 12.0 Å². The number of nitrogens with one attached hydrogen (secondary N) is 1. The first-order valence-electron chi connectivity index (χ1n) is 15.1. The molecule has 1 fully saturated rings. The van der Waals surface area contributed by atoms with Gasteiger partial charge in [-0.3, -0.25) is 14.4 Å². The topological polar surface area (TPSA) is 116 Å². The van der Waals surface area contributed by atoms with Gasteiger partial charge in [0, 0.05) is 39.0 Å². The molecule has 3 aromatic rings. The van der Waals surface area contributed by atoms with Crippen molar-refractivity contribution < 1.29 is 23.9 Å². The van der Waals surface area contributed by atoms with Gasteiger partial charge in [0.1, 0.15) is 17.9 Å². The van der Waals surface area contributed by atoms with Crippen molar-refractivity contribution in [2.24, 2.45) is 5.73 Å². The van der Waals surface area contributed by atoms with Crippen LogP contribution in [0.4, 0.5) is 4.39 Å². The summed E-state index contributed by atoms with van der Waals surface area (Å²) < 4.78 is 13.6. The minimum atomic E-state index is -0.972. The Balaban J connectivity index is 1.62. The molecule has 0 saturated heterocycles. The van der Waals surface area contributed by atoms with Crippen LogP contribution in [0.25, 0.3) is 10.8 Å². The number of likely N-dealkylation sites (N-methyl/N-ethyl adjacent to an activating group) is 2. The van der Waals surface area contributed by atoms with E-state index in [2.05, 4.69) is 5.32 Å². The number of nitrogens with zero attached hydrogens (tertiary/aromatic N) is 2. The van der Waals surface area contributed by atoms with E-state index in [1.54, 1.807) is 32.2 Å². The number of hydrogen-bond donors (Lipinski definition) is 3. The van der Waals surface area contributed by atoms with Crippen molar-refractivity contribution >= 4 is 28.5 Å². The summed E-state index contributed by atoms with van der Waals surface area (Å²) in [6.45, 7) is 1.56. The van der Waals surface area contributed by atoms with Crippen molar-refractivity contribution in [2.75, 3.05) is 20.6 Å². The van der Waals surface area contributed by atoms with E-state index in [9.17, 15) is 23.9 Å². The fraction of sp³-hybridized carbons (Fsp3) is 0.400. The minimum Gasteiger partial charge on any atom is -0.392 e. The molecule has 1 aliphatic carbocycles. The van der Waals surface area contributed by atoms with Crippen molar-refractivity contribution in [3.8, 4) is 0 Å². The number of carbonyl (C=O) groups is 3. The largest absolute Gasteiger partial charge is 0.392 e. The van der Waals surface area contributed by atoms with Gasteiger partial charge in [0.2, 0.25) is 17.7 Å². The Labute approximate surface area is 258 Å². The van der Waals surface area contributed by atoms with Crippen LogP contribution >= 0.6 is 0 Å². The van der Waals surface area contributed by atoms with Gasteiger partial charge in [-0.15, -0.1) is 0 Å². The lowest BCUT2D eigenvalue weighted by molar-refractivity contribution is -0.146. The Kier molecular flexibility index (Phi) is 10.9. The summed E-state index contributed by atoms with van der Waals surface area (Å²) in [6.07, 6.45) is 6.31. The van der Waals surface area contributed by atoms with Crippen LogP contribution in [-0.4, -0.2) is 77.0 Å². The molecule has 0 bridgehead atoms. The normalized spacial score (nSPS) is 16.1. The molecule has 0 aliphatic heterocycles. The van der Waals surface area contributed by atoms with Crippen LogP contribution in [0, 0.1) is 5.82 Å². The number of amides is 3. The first-order valence-corrected chi connectivity index (χ1v) is 15.1. The second-order valence-electron chi connectivity index (χ2n) is 12.1. The maximum absolute atomic E-state index is 14.3. The molecule has 4 N–H and O–H groups in total. The minimum absolute atomic E-state index is 0.00706. The highest BCUT2D eigenvalue weighted by atomic mass is 19.1. The summed E-state index contributed by atoms with van der Waals surface area (Å²) in [5.41, 5.74) is 7.58. The smallest absolute Gasteiger partial charge is 0.246 e. The summed E-state index contributed by atoms with van der Waals surface area (Å²) in [7, 11) is 3.13.